The summed E-state index contributed by atoms with van der Waals surface area (Å²) >= 11 is 12.1. The molecular weight excluding hydrogens is 357 g/mol. The molecule has 6 heteroatoms. The second-order valence-electron chi connectivity index (χ2n) is 6.08. The summed E-state index contributed by atoms with van der Waals surface area (Å²) in [6, 6.07) is 9.48. The maximum absolute atomic E-state index is 12.4. The van der Waals surface area contributed by atoms with Crippen molar-refractivity contribution in [2.75, 3.05) is 26.2 Å². The number of hydrogen-bond donors (Lipinski definition) is 1. The van der Waals surface area contributed by atoms with Crippen LogP contribution in [0.2, 0.25) is 10.0 Å². The highest BCUT2D eigenvalue weighted by Crippen LogP contribution is 2.26. The van der Waals surface area contributed by atoms with Crippen LogP contribution in [-0.2, 0) is 11.3 Å². The van der Waals surface area contributed by atoms with Crippen molar-refractivity contribution in [1.29, 1.82) is 0 Å². The van der Waals surface area contributed by atoms with Crippen LogP contribution in [0.5, 0.6) is 0 Å². The van der Waals surface area contributed by atoms with E-state index in [-0.39, 0.29) is 5.91 Å². The van der Waals surface area contributed by atoms with Crippen LogP contribution >= 0.6 is 23.2 Å². The minimum absolute atomic E-state index is 0.0130. The number of amides is 1. The number of halogens is 2. The second kappa shape index (κ2) is 8.48. The lowest BCUT2D eigenvalue weighted by Crippen LogP contribution is -3.13. The number of pyridine rings is 1. The third-order valence-corrected chi connectivity index (χ3v) is 5.21. The predicted molar refractivity (Wildman–Crippen MR) is 101 cm³/mol. The van der Waals surface area contributed by atoms with Gasteiger partial charge in [0.05, 0.1) is 36.2 Å². The van der Waals surface area contributed by atoms with E-state index in [0.29, 0.717) is 10.0 Å². The first-order valence-corrected chi connectivity index (χ1v) is 9.02. The van der Waals surface area contributed by atoms with Gasteiger partial charge in [-0.3, -0.25) is 9.78 Å². The van der Waals surface area contributed by atoms with Crippen molar-refractivity contribution in [3.8, 4) is 0 Å². The van der Waals surface area contributed by atoms with E-state index in [4.69, 9.17) is 23.2 Å². The average Bonchev–Trinajstić information content (AvgIpc) is 2.64. The van der Waals surface area contributed by atoms with Gasteiger partial charge in [-0.05, 0) is 29.8 Å². The molecule has 1 aromatic heterocycles. The van der Waals surface area contributed by atoms with E-state index in [1.54, 1.807) is 18.2 Å². The zero-order valence-corrected chi connectivity index (χ0v) is 15.3. The fraction of sp³-hybridized carbons (Fsp3) is 0.263. The van der Waals surface area contributed by atoms with E-state index in [0.717, 1.165) is 38.3 Å². The third kappa shape index (κ3) is 4.82. The average molecular weight is 377 g/mol. The van der Waals surface area contributed by atoms with E-state index in [9.17, 15) is 4.79 Å². The van der Waals surface area contributed by atoms with Crippen molar-refractivity contribution in [1.82, 2.24) is 9.88 Å². The van der Waals surface area contributed by atoms with E-state index in [2.05, 4.69) is 4.98 Å². The van der Waals surface area contributed by atoms with Gasteiger partial charge < -0.3 is 9.80 Å². The summed E-state index contributed by atoms with van der Waals surface area (Å²) in [6.45, 7) is 4.37. The van der Waals surface area contributed by atoms with E-state index in [1.807, 2.05) is 41.6 Å². The Hall–Kier alpha value is -1.88. The third-order valence-electron chi connectivity index (χ3n) is 4.37. The Morgan fingerprint density at radius 2 is 1.88 bits per heavy atom. The van der Waals surface area contributed by atoms with Crippen LogP contribution in [0.25, 0.3) is 6.08 Å². The number of nitrogens with zero attached hydrogens (tertiary/aromatic N) is 2. The molecule has 0 radical (unpaired) electrons. The van der Waals surface area contributed by atoms with Gasteiger partial charge in [-0.15, -0.1) is 0 Å². The van der Waals surface area contributed by atoms with Crippen molar-refractivity contribution in [3.63, 3.8) is 0 Å². The largest absolute Gasteiger partial charge is 0.328 e. The highest BCUT2D eigenvalue weighted by atomic mass is 35.5. The molecule has 1 fully saturated rings. The number of quaternary nitrogens is 1. The number of hydrogen-bond acceptors (Lipinski definition) is 2. The summed E-state index contributed by atoms with van der Waals surface area (Å²) in [4.78, 5) is 19.8. The molecule has 130 valence electrons. The number of aromatic nitrogens is 1. The first-order valence-electron chi connectivity index (χ1n) is 8.27. The number of rotatable bonds is 4. The molecule has 2 aromatic rings. The number of carbonyl (C=O) groups is 1. The van der Waals surface area contributed by atoms with Crippen molar-refractivity contribution in [2.45, 2.75) is 6.54 Å². The molecule has 1 aromatic carbocycles. The Labute approximate surface area is 157 Å². The summed E-state index contributed by atoms with van der Waals surface area (Å²) in [5, 5.41) is 0.962. The Morgan fingerprint density at radius 1 is 1.16 bits per heavy atom. The molecule has 4 nitrogen and oxygen atoms in total. The fourth-order valence-electron chi connectivity index (χ4n) is 2.93. The summed E-state index contributed by atoms with van der Waals surface area (Å²) in [5.41, 5.74) is 2.03. The summed E-state index contributed by atoms with van der Waals surface area (Å²) in [7, 11) is 0. The SMILES string of the molecule is O=C(/C=C/c1cccc(Cl)c1Cl)N1CC[NH+](Cc2ccncc2)CC1. The Kier molecular flexibility index (Phi) is 6.08. The van der Waals surface area contributed by atoms with Crippen LogP contribution in [-0.4, -0.2) is 42.0 Å². The smallest absolute Gasteiger partial charge is 0.246 e. The van der Waals surface area contributed by atoms with Gasteiger partial charge in [0, 0.05) is 24.0 Å². The Morgan fingerprint density at radius 3 is 2.60 bits per heavy atom. The van der Waals surface area contributed by atoms with Crippen LogP contribution in [0, 0.1) is 0 Å². The molecule has 25 heavy (non-hydrogen) atoms. The van der Waals surface area contributed by atoms with Crippen molar-refractivity contribution < 1.29 is 9.69 Å². The van der Waals surface area contributed by atoms with E-state index >= 15 is 0 Å². The Balaban J connectivity index is 1.53. The van der Waals surface area contributed by atoms with Crippen LogP contribution in [0.15, 0.2) is 48.8 Å². The molecule has 1 amide bonds. The molecule has 1 aliphatic heterocycles. The van der Waals surface area contributed by atoms with Gasteiger partial charge >= 0.3 is 0 Å². The molecule has 0 saturated carbocycles. The van der Waals surface area contributed by atoms with Gasteiger partial charge in [-0.2, -0.15) is 0 Å². The van der Waals surface area contributed by atoms with E-state index < -0.39 is 0 Å². The molecule has 0 unspecified atom stereocenters. The normalized spacial score (nSPS) is 15.7. The zero-order valence-electron chi connectivity index (χ0n) is 13.8. The predicted octanol–water partition coefficient (Wildman–Crippen LogP) is 2.33. The molecule has 2 heterocycles. The lowest BCUT2D eigenvalue weighted by molar-refractivity contribution is -0.917. The van der Waals surface area contributed by atoms with Gasteiger partial charge in [0.15, 0.2) is 0 Å². The minimum atomic E-state index is 0.0130. The molecule has 1 saturated heterocycles. The highest BCUT2D eigenvalue weighted by Gasteiger charge is 2.22. The highest BCUT2D eigenvalue weighted by molar-refractivity contribution is 6.42. The monoisotopic (exact) mass is 376 g/mol. The van der Waals surface area contributed by atoms with Crippen LogP contribution in [0.3, 0.4) is 0 Å². The molecule has 3 rings (SSSR count). The standard InChI is InChI=1S/C19H19Cl2N3O/c20-17-3-1-2-16(19(17)21)4-5-18(25)24-12-10-23(11-13-24)14-15-6-8-22-9-7-15/h1-9H,10-14H2/p+1/b5-4+. The molecular formula is C19H20Cl2N3O+. The molecule has 1 aliphatic rings. The van der Waals surface area contributed by atoms with Crippen molar-refractivity contribution in [3.05, 3.63) is 70.0 Å². The van der Waals surface area contributed by atoms with Crippen LogP contribution in [0.1, 0.15) is 11.1 Å². The topological polar surface area (TPSA) is 37.6 Å². The molecule has 0 atom stereocenters. The van der Waals surface area contributed by atoms with E-state index in [1.165, 1.54) is 10.5 Å². The second-order valence-corrected chi connectivity index (χ2v) is 6.87. The fourth-order valence-corrected chi connectivity index (χ4v) is 3.30. The molecule has 0 aliphatic carbocycles. The summed E-state index contributed by atoms with van der Waals surface area (Å²) in [6.07, 6.45) is 6.94. The first kappa shape index (κ1) is 17.9. The lowest BCUT2D eigenvalue weighted by Gasteiger charge is -2.31. The Bertz CT molecular complexity index is 757. The minimum Gasteiger partial charge on any atom is -0.328 e. The zero-order chi connectivity index (χ0) is 17.6. The van der Waals surface area contributed by atoms with Crippen molar-refractivity contribution in [2.24, 2.45) is 0 Å². The van der Waals surface area contributed by atoms with Gasteiger partial charge in [0.25, 0.3) is 0 Å². The maximum atomic E-state index is 12.4. The van der Waals surface area contributed by atoms with Gasteiger partial charge in [0.2, 0.25) is 5.91 Å². The molecule has 0 bridgehead atoms. The number of benzene rings is 1. The number of carbonyl (C=O) groups excluding carboxylic acids is 1. The summed E-state index contributed by atoms with van der Waals surface area (Å²) < 4.78 is 0. The summed E-state index contributed by atoms with van der Waals surface area (Å²) in [5.74, 6) is 0.0130. The van der Waals surface area contributed by atoms with Gasteiger partial charge in [0.1, 0.15) is 6.54 Å². The maximum Gasteiger partial charge on any atom is 0.246 e. The van der Waals surface area contributed by atoms with Crippen LogP contribution < -0.4 is 4.90 Å². The quantitative estimate of drug-likeness (QED) is 0.831. The first-order chi connectivity index (χ1) is 12.1. The number of nitrogens with one attached hydrogen (secondary N) is 1. The van der Waals surface area contributed by atoms with Crippen LogP contribution in [0.4, 0.5) is 0 Å². The van der Waals surface area contributed by atoms with Gasteiger partial charge in [-0.25, -0.2) is 0 Å². The lowest BCUT2D eigenvalue weighted by atomic mass is 10.2. The molecule has 1 N–H and O–H groups in total. The van der Waals surface area contributed by atoms with Gasteiger partial charge in [-0.1, -0.05) is 35.3 Å². The number of piperazine rings is 1. The van der Waals surface area contributed by atoms with Crippen molar-refractivity contribution >= 4 is 35.2 Å². The molecule has 0 spiro atoms.